The number of hydrogen-bond donors (Lipinski definition) is 1. The Hall–Kier alpha value is -4.56. The van der Waals surface area contributed by atoms with E-state index in [9.17, 15) is 14.3 Å². The van der Waals surface area contributed by atoms with Gasteiger partial charge in [-0.1, -0.05) is 22.5 Å². The van der Waals surface area contributed by atoms with Crippen molar-refractivity contribution < 1.29 is 37.3 Å². The third-order valence-corrected chi connectivity index (χ3v) is 7.62. The molecule has 216 valence electrons. The summed E-state index contributed by atoms with van der Waals surface area (Å²) in [6, 6.07) is 9.01. The van der Waals surface area contributed by atoms with Gasteiger partial charge >= 0.3 is 5.97 Å². The predicted octanol–water partition coefficient (Wildman–Crippen LogP) is 5.03. The van der Waals surface area contributed by atoms with Gasteiger partial charge in [-0.15, -0.1) is 5.10 Å². The van der Waals surface area contributed by atoms with Crippen molar-refractivity contribution in [3.63, 3.8) is 0 Å². The molecular weight excluding hydrogens is 575 g/mol. The molecule has 4 heterocycles. The molecule has 1 N–H and O–H groups in total. The molecule has 5 aromatic rings. The number of carboxylic acid groups (broad SMARTS) is 1. The Kier molecular flexibility index (Phi) is 7.47. The van der Waals surface area contributed by atoms with Crippen molar-refractivity contribution in [1.82, 2.24) is 24.7 Å². The Labute approximate surface area is 240 Å². The number of imidazole rings is 1. The van der Waals surface area contributed by atoms with E-state index in [1.165, 1.54) is 30.6 Å². The number of nitrogens with zero attached hydrogens (tertiary/aromatic N) is 5. The summed E-state index contributed by atoms with van der Waals surface area (Å²) in [6.07, 6.45) is 0.396. The number of ether oxygens (including phenoxy) is 3. The predicted molar refractivity (Wildman–Crippen MR) is 144 cm³/mol. The molecular formula is C28H22F3N5O5S. The van der Waals surface area contributed by atoms with Crippen LogP contribution < -0.4 is 9.47 Å². The lowest BCUT2D eigenvalue weighted by Crippen LogP contribution is -2.31. The first-order valence-electron chi connectivity index (χ1n) is 12.8. The van der Waals surface area contributed by atoms with Gasteiger partial charge in [-0.3, -0.25) is 0 Å². The standard InChI is InChI=1S/C28H22F3N5O5S/c1-39-28-35-34-25(42-28)13-41-24-4-2-3-21(32-24)17-11-18(29)14(7-19(17)30)10-23-33-26-20(31)8-15(27(37)38)9-22(26)36(23)12-16-5-6-40-16/h2-4,7-9,11,16H,5-6,10,12-13H2,1H3,(H,37,38). The Balaban J connectivity index is 1.29. The maximum absolute atomic E-state index is 15.4. The third kappa shape index (κ3) is 5.50. The van der Waals surface area contributed by atoms with Crippen LogP contribution >= 0.6 is 11.3 Å². The molecule has 1 atom stereocenters. The SMILES string of the molecule is COc1nnc(COc2cccc(-c3cc(F)c(Cc4nc5c(F)cc(C(=O)O)cc5n4CC4CCO4)cc3F)n2)s1. The largest absolute Gasteiger partial charge is 0.478 e. The number of rotatable bonds is 10. The lowest BCUT2D eigenvalue weighted by atomic mass is 10.0. The van der Waals surface area contributed by atoms with Crippen LogP contribution in [0.1, 0.15) is 33.2 Å². The zero-order chi connectivity index (χ0) is 29.4. The Morgan fingerprint density at radius 2 is 1.95 bits per heavy atom. The number of carbonyl (C=O) groups is 1. The van der Waals surface area contributed by atoms with Crippen LogP contribution in [0.5, 0.6) is 11.1 Å². The Morgan fingerprint density at radius 1 is 1.12 bits per heavy atom. The second kappa shape index (κ2) is 11.4. The number of halogens is 3. The second-order valence-corrected chi connectivity index (χ2v) is 10.5. The van der Waals surface area contributed by atoms with E-state index in [1.54, 1.807) is 16.7 Å². The molecule has 0 amide bonds. The Morgan fingerprint density at radius 3 is 2.67 bits per heavy atom. The van der Waals surface area contributed by atoms with Gasteiger partial charge in [0.25, 0.3) is 5.19 Å². The highest BCUT2D eigenvalue weighted by atomic mass is 32.1. The second-order valence-electron chi connectivity index (χ2n) is 9.47. The van der Waals surface area contributed by atoms with Crippen LogP contribution in [0.3, 0.4) is 0 Å². The quantitative estimate of drug-likeness (QED) is 0.236. The van der Waals surface area contributed by atoms with Crippen molar-refractivity contribution >= 4 is 28.3 Å². The average molecular weight is 598 g/mol. The molecule has 6 rings (SSSR count). The van der Waals surface area contributed by atoms with Crippen molar-refractivity contribution in [3.05, 3.63) is 81.9 Å². The van der Waals surface area contributed by atoms with Gasteiger partial charge in [0, 0.05) is 24.7 Å². The zero-order valence-corrected chi connectivity index (χ0v) is 22.8. The summed E-state index contributed by atoms with van der Waals surface area (Å²) >= 11 is 1.20. The summed E-state index contributed by atoms with van der Waals surface area (Å²) in [4.78, 5) is 20.2. The van der Waals surface area contributed by atoms with Gasteiger partial charge in [0.15, 0.2) is 10.8 Å². The van der Waals surface area contributed by atoms with Crippen LogP contribution in [0.2, 0.25) is 0 Å². The molecule has 2 aromatic carbocycles. The number of methoxy groups -OCH3 is 1. The highest BCUT2D eigenvalue weighted by Gasteiger charge is 2.25. The van der Waals surface area contributed by atoms with Gasteiger partial charge in [-0.05, 0) is 42.3 Å². The summed E-state index contributed by atoms with van der Waals surface area (Å²) in [5.41, 5.74) is 0.00307. The zero-order valence-electron chi connectivity index (χ0n) is 22.0. The molecule has 0 bridgehead atoms. The maximum Gasteiger partial charge on any atom is 0.335 e. The molecule has 0 saturated carbocycles. The fraction of sp³-hybridized carbons (Fsp3) is 0.250. The van der Waals surface area contributed by atoms with E-state index < -0.39 is 23.4 Å². The van der Waals surface area contributed by atoms with E-state index in [4.69, 9.17) is 14.2 Å². The first kappa shape index (κ1) is 27.6. The van der Waals surface area contributed by atoms with E-state index in [0.717, 1.165) is 24.6 Å². The van der Waals surface area contributed by atoms with Crippen LogP contribution in [0.15, 0.2) is 42.5 Å². The van der Waals surface area contributed by atoms with Crippen LogP contribution in [0, 0.1) is 17.5 Å². The molecule has 3 aromatic heterocycles. The number of fused-ring (bicyclic) bond motifs is 1. The van der Waals surface area contributed by atoms with E-state index >= 15 is 8.78 Å². The van der Waals surface area contributed by atoms with Crippen molar-refractivity contribution in [2.24, 2.45) is 0 Å². The summed E-state index contributed by atoms with van der Waals surface area (Å²) in [6.45, 7) is 0.894. The number of hydrogen-bond acceptors (Lipinski definition) is 9. The molecule has 42 heavy (non-hydrogen) atoms. The van der Waals surface area contributed by atoms with E-state index in [1.807, 2.05) is 0 Å². The fourth-order valence-electron chi connectivity index (χ4n) is 4.57. The van der Waals surface area contributed by atoms with Crippen molar-refractivity contribution in [1.29, 1.82) is 0 Å². The summed E-state index contributed by atoms with van der Waals surface area (Å²) < 4.78 is 63.4. The lowest BCUT2D eigenvalue weighted by molar-refractivity contribution is -0.0589. The average Bonchev–Trinajstić information content (AvgIpc) is 3.56. The highest BCUT2D eigenvalue weighted by Crippen LogP contribution is 2.30. The minimum atomic E-state index is -1.29. The molecule has 10 nitrogen and oxygen atoms in total. The maximum atomic E-state index is 15.4. The number of carboxylic acids is 1. The van der Waals surface area contributed by atoms with Crippen molar-refractivity contribution in [2.75, 3.05) is 13.7 Å². The van der Waals surface area contributed by atoms with Gasteiger partial charge in [-0.2, -0.15) is 0 Å². The number of pyridine rings is 1. The molecule has 0 radical (unpaired) electrons. The van der Waals surface area contributed by atoms with Gasteiger partial charge in [0.1, 0.15) is 29.6 Å². The molecule has 1 unspecified atom stereocenters. The van der Waals surface area contributed by atoms with Crippen molar-refractivity contribution in [3.8, 4) is 22.3 Å². The smallest absolute Gasteiger partial charge is 0.335 e. The topological polar surface area (TPSA) is 121 Å². The van der Waals surface area contributed by atoms with Crippen LogP contribution in [-0.4, -0.2) is 55.6 Å². The van der Waals surface area contributed by atoms with Crippen LogP contribution in [0.4, 0.5) is 13.2 Å². The van der Waals surface area contributed by atoms with E-state index in [2.05, 4.69) is 20.2 Å². The van der Waals surface area contributed by atoms with Crippen LogP contribution in [0.25, 0.3) is 22.3 Å². The monoisotopic (exact) mass is 597 g/mol. The first-order chi connectivity index (χ1) is 20.3. The molecule has 1 aliphatic heterocycles. The van der Waals surface area contributed by atoms with Gasteiger partial charge in [0.05, 0.1) is 36.5 Å². The van der Waals surface area contributed by atoms with Gasteiger partial charge in [0.2, 0.25) is 5.88 Å². The molecule has 0 spiro atoms. The van der Waals surface area contributed by atoms with Crippen LogP contribution in [-0.2, 0) is 24.3 Å². The number of aromatic nitrogens is 5. The molecule has 1 saturated heterocycles. The molecule has 1 aliphatic rings. The lowest BCUT2D eigenvalue weighted by Gasteiger charge is -2.27. The highest BCUT2D eigenvalue weighted by molar-refractivity contribution is 7.13. The summed E-state index contributed by atoms with van der Waals surface area (Å²) in [5.74, 6) is -3.13. The molecule has 1 fully saturated rings. The minimum Gasteiger partial charge on any atom is -0.478 e. The van der Waals surface area contributed by atoms with Crippen molar-refractivity contribution in [2.45, 2.75) is 32.1 Å². The van der Waals surface area contributed by atoms with Gasteiger partial charge < -0.3 is 23.9 Å². The molecule has 0 aliphatic carbocycles. The third-order valence-electron chi connectivity index (χ3n) is 6.76. The van der Waals surface area contributed by atoms with E-state index in [0.29, 0.717) is 16.8 Å². The fourth-order valence-corrected chi connectivity index (χ4v) is 5.14. The minimum absolute atomic E-state index is 0.0150. The number of aromatic carboxylic acids is 1. The molecule has 14 heteroatoms. The van der Waals surface area contributed by atoms with Gasteiger partial charge in [-0.25, -0.2) is 27.9 Å². The first-order valence-corrected chi connectivity index (χ1v) is 13.6. The normalized spacial score (nSPS) is 14.6. The number of benzene rings is 2. The Bertz CT molecular complexity index is 1810. The van der Waals surface area contributed by atoms with E-state index in [-0.39, 0.29) is 70.8 Å². The summed E-state index contributed by atoms with van der Waals surface area (Å²) in [5, 5.41) is 18.1. The summed E-state index contributed by atoms with van der Waals surface area (Å²) in [7, 11) is 1.48.